The SMILES string of the molecule is COc1ccc(C(O)(c2ccccc2)c2ccc(Oc3ccc(C4(c5ccc(C)cc5)c5ccccc5-c5ccccc54)cc3)cc2)cc1. The van der Waals surface area contributed by atoms with Crippen LogP contribution in [-0.2, 0) is 11.0 Å². The third-order valence-electron chi connectivity index (χ3n) is 9.93. The summed E-state index contributed by atoms with van der Waals surface area (Å²) < 4.78 is 11.8. The lowest BCUT2D eigenvalue weighted by Crippen LogP contribution is -2.28. The van der Waals surface area contributed by atoms with Crippen molar-refractivity contribution in [3.05, 3.63) is 220 Å². The fourth-order valence-corrected chi connectivity index (χ4v) is 7.51. The van der Waals surface area contributed by atoms with Crippen LogP contribution in [-0.4, -0.2) is 12.2 Å². The van der Waals surface area contributed by atoms with Crippen LogP contribution in [0.5, 0.6) is 17.2 Å². The molecular weight excluding hydrogens is 601 g/mol. The van der Waals surface area contributed by atoms with E-state index in [1.165, 1.54) is 38.9 Å². The zero-order valence-electron chi connectivity index (χ0n) is 27.5. The summed E-state index contributed by atoms with van der Waals surface area (Å²) >= 11 is 0. The summed E-state index contributed by atoms with van der Waals surface area (Å²) in [6, 6.07) is 59.9. The maximum atomic E-state index is 12.3. The average Bonchev–Trinajstić information content (AvgIpc) is 3.47. The molecule has 3 nitrogen and oxygen atoms in total. The van der Waals surface area contributed by atoms with E-state index < -0.39 is 11.0 Å². The molecule has 0 fully saturated rings. The molecule has 7 aromatic rings. The topological polar surface area (TPSA) is 38.7 Å². The van der Waals surface area contributed by atoms with Crippen LogP contribution < -0.4 is 9.47 Å². The maximum absolute atomic E-state index is 12.3. The molecule has 3 heteroatoms. The Morgan fingerprint density at radius 2 is 0.857 bits per heavy atom. The summed E-state index contributed by atoms with van der Waals surface area (Å²) in [4.78, 5) is 0. The fraction of sp³-hybridized carbons (Fsp3) is 0.0870. The summed E-state index contributed by atoms with van der Waals surface area (Å²) in [5, 5.41) is 12.3. The van der Waals surface area contributed by atoms with Crippen molar-refractivity contribution in [3.8, 4) is 28.4 Å². The lowest BCUT2D eigenvalue weighted by Gasteiger charge is -2.34. The number of fused-ring (bicyclic) bond motifs is 3. The molecule has 1 aliphatic carbocycles. The van der Waals surface area contributed by atoms with Gasteiger partial charge in [0, 0.05) is 0 Å². The number of ether oxygens (including phenoxy) is 2. The van der Waals surface area contributed by atoms with Gasteiger partial charge in [0.15, 0.2) is 0 Å². The average molecular weight is 637 g/mol. The zero-order chi connectivity index (χ0) is 33.4. The van der Waals surface area contributed by atoms with Crippen LogP contribution in [0.25, 0.3) is 11.1 Å². The van der Waals surface area contributed by atoms with Crippen molar-refractivity contribution in [2.75, 3.05) is 7.11 Å². The molecule has 0 saturated carbocycles. The minimum absolute atomic E-state index is 0.454. The van der Waals surface area contributed by atoms with Crippen molar-refractivity contribution >= 4 is 0 Å². The number of hydrogen-bond donors (Lipinski definition) is 1. The standard InChI is InChI=1S/C46H36O3/c1-32-16-18-33(19-17-32)45(43-14-8-6-12-41(43)42-13-7-9-15-44(42)45)34-20-28-39(29-21-34)49-40-30-24-37(25-31-40)46(47,35-10-4-3-5-11-35)36-22-26-38(48-2)27-23-36/h3-31,47H,1-2H3. The Kier molecular flexibility index (Phi) is 7.63. The first kappa shape index (κ1) is 30.4. The second-order valence-corrected chi connectivity index (χ2v) is 12.7. The molecule has 1 aliphatic rings. The highest BCUT2D eigenvalue weighted by Gasteiger charge is 2.45. The van der Waals surface area contributed by atoms with Gasteiger partial charge in [0.25, 0.3) is 0 Å². The minimum Gasteiger partial charge on any atom is -0.497 e. The van der Waals surface area contributed by atoms with Gasteiger partial charge in [-0.2, -0.15) is 0 Å². The van der Waals surface area contributed by atoms with E-state index in [1.807, 2.05) is 78.9 Å². The van der Waals surface area contributed by atoms with Crippen LogP contribution in [0.2, 0.25) is 0 Å². The predicted molar refractivity (Wildman–Crippen MR) is 197 cm³/mol. The number of benzene rings is 7. The third kappa shape index (κ3) is 5.02. The van der Waals surface area contributed by atoms with Crippen molar-refractivity contribution in [2.24, 2.45) is 0 Å². The minimum atomic E-state index is -1.36. The summed E-state index contributed by atoms with van der Waals surface area (Å²) in [7, 11) is 1.64. The molecule has 8 rings (SSSR count). The normalized spacial score (nSPS) is 13.9. The highest BCUT2D eigenvalue weighted by molar-refractivity contribution is 5.86. The molecule has 1 N–H and O–H groups in total. The van der Waals surface area contributed by atoms with Gasteiger partial charge in [0.1, 0.15) is 22.8 Å². The predicted octanol–water partition coefficient (Wildman–Crippen LogP) is 10.4. The third-order valence-corrected chi connectivity index (χ3v) is 9.93. The first-order valence-corrected chi connectivity index (χ1v) is 16.6. The Bertz CT molecular complexity index is 2170. The smallest absolute Gasteiger partial charge is 0.140 e. The highest BCUT2D eigenvalue weighted by atomic mass is 16.5. The van der Waals surface area contributed by atoms with E-state index in [9.17, 15) is 5.11 Å². The van der Waals surface area contributed by atoms with E-state index in [0.717, 1.165) is 28.2 Å². The number of methoxy groups -OCH3 is 1. The van der Waals surface area contributed by atoms with Crippen LogP contribution in [0, 0.1) is 6.92 Å². The molecule has 0 amide bonds. The monoisotopic (exact) mass is 636 g/mol. The molecule has 238 valence electrons. The van der Waals surface area contributed by atoms with Gasteiger partial charge in [-0.25, -0.2) is 0 Å². The molecule has 1 unspecified atom stereocenters. The summed E-state index contributed by atoms with van der Waals surface area (Å²) in [6.07, 6.45) is 0. The molecule has 0 saturated heterocycles. The summed E-state index contributed by atoms with van der Waals surface area (Å²) in [6.45, 7) is 2.13. The Balaban J connectivity index is 1.14. The first-order valence-electron chi connectivity index (χ1n) is 16.6. The zero-order valence-corrected chi connectivity index (χ0v) is 27.5. The fourth-order valence-electron chi connectivity index (χ4n) is 7.51. The van der Waals surface area contributed by atoms with Gasteiger partial charge in [-0.05, 0) is 93.4 Å². The number of rotatable bonds is 8. The molecular formula is C46H36O3. The molecule has 0 spiro atoms. The molecule has 0 radical (unpaired) electrons. The van der Waals surface area contributed by atoms with E-state index in [0.29, 0.717) is 5.75 Å². The van der Waals surface area contributed by atoms with Crippen LogP contribution in [0.3, 0.4) is 0 Å². The van der Waals surface area contributed by atoms with Crippen molar-refractivity contribution in [2.45, 2.75) is 17.9 Å². The van der Waals surface area contributed by atoms with Gasteiger partial charge in [-0.1, -0.05) is 145 Å². The molecule has 0 heterocycles. The van der Waals surface area contributed by atoms with Crippen molar-refractivity contribution < 1.29 is 14.6 Å². The Labute approximate surface area is 287 Å². The molecule has 1 atom stereocenters. The molecule has 7 aromatic carbocycles. The Morgan fingerprint density at radius 1 is 0.449 bits per heavy atom. The number of aliphatic hydroxyl groups is 1. The quantitative estimate of drug-likeness (QED) is 0.169. The highest BCUT2D eigenvalue weighted by Crippen LogP contribution is 2.56. The van der Waals surface area contributed by atoms with Gasteiger partial charge in [0.2, 0.25) is 0 Å². The second-order valence-electron chi connectivity index (χ2n) is 12.7. The Hall–Kier alpha value is -5.90. The van der Waals surface area contributed by atoms with E-state index in [-0.39, 0.29) is 0 Å². The molecule has 0 aromatic heterocycles. The van der Waals surface area contributed by atoms with Gasteiger partial charge < -0.3 is 14.6 Å². The summed E-state index contributed by atoms with van der Waals surface area (Å²) in [5.41, 5.74) is 9.22. The number of hydrogen-bond acceptors (Lipinski definition) is 3. The largest absolute Gasteiger partial charge is 0.497 e. The number of aryl methyl sites for hydroxylation is 1. The van der Waals surface area contributed by atoms with Crippen molar-refractivity contribution in [1.29, 1.82) is 0 Å². The van der Waals surface area contributed by atoms with Gasteiger partial charge >= 0.3 is 0 Å². The van der Waals surface area contributed by atoms with Gasteiger partial charge in [0.05, 0.1) is 12.5 Å². The first-order chi connectivity index (χ1) is 24.0. The lowest BCUT2D eigenvalue weighted by atomic mass is 9.67. The van der Waals surface area contributed by atoms with Crippen LogP contribution in [0.4, 0.5) is 0 Å². The van der Waals surface area contributed by atoms with E-state index in [2.05, 4.69) is 104 Å². The molecule has 0 bridgehead atoms. The van der Waals surface area contributed by atoms with Gasteiger partial charge in [-0.3, -0.25) is 0 Å². The van der Waals surface area contributed by atoms with E-state index in [4.69, 9.17) is 9.47 Å². The van der Waals surface area contributed by atoms with E-state index >= 15 is 0 Å². The van der Waals surface area contributed by atoms with Crippen molar-refractivity contribution in [1.82, 2.24) is 0 Å². The molecule has 0 aliphatic heterocycles. The van der Waals surface area contributed by atoms with Crippen LogP contribution in [0.15, 0.2) is 176 Å². The summed E-state index contributed by atoms with van der Waals surface area (Å²) in [5.74, 6) is 2.16. The van der Waals surface area contributed by atoms with Crippen LogP contribution in [0.1, 0.15) is 44.5 Å². The maximum Gasteiger partial charge on any atom is 0.140 e. The Morgan fingerprint density at radius 3 is 1.37 bits per heavy atom. The second kappa shape index (κ2) is 12.3. The van der Waals surface area contributed by atoms with Crippen molar-refractivity contribution in [3.63, 3.8) is 0 Å². The van der Waals surface area contributed by atoms with Gasteiger partial charge in [-0.15, -0.1) is 0 Å². The van der Waals surface area contributed by atoms with Crippen LogP contribution >= 0.6 is 0 Å². The molecule has 49 heavy (non-hydrogen) atoms. The lowest BCUT2D eigenvalue weighted by molar-refractivity contribution is 0.125. The van der Waals surface area contributed by atoms with E-state index in [1.54, 1.807) is 7.11 Å².